The molecule has 1 fully saturated rings. The van der Waals surface area contributed by atoms with E-state index < -0.39 is 7.12 Å². The Labute approximate surface area is 205 Å². The quantitative estimate of drug-likeness (QED) is 0.494. The Morgan fingerprint density at radius 3 is 2.17 bits per heavy atom. The third-order valence-corrected chi connectivity index (χ3v) is 7.28. The summed E-state index contributed by atoms with van der Waals surface area (Å²) < 4.78 is 5.81. The molecule has 0 unspecified atom stereocenters. The fourth-order valence-corrected chi connectivity index (χ4v) is 5.28. The number of nitrogens with two attached hydrogens (primary N) is 1. The minimum absolute atomic E-state index is 0.0400. The predicted octanol–water partition coefficient (Wildman–Crippen LogP) is 2.20. The van der Waals surface area contributed by atoms with E-state index in [4.69, 9.17) is 10.5 Å². The van der Waals surface area contributed by atoms with Crippen LogP contribution >= 0.6 is 0 Å². The molecule has 35 heavy (non-hydrogen) atoms. The van der Waals surface area contributed by atoms with Gasteiger partial charge in [0.05, 0.1) is 0 Å². The number of hydrogen-bond acceptors (Lipinski definition) is 6. The number of amides is 1. The molecule has 1 amide bonds. The van der Waals surface area contributed by atoms with Crippen molar-refractivity contribution in [1.82, 2.24) is 4.90 Å². The number of anilines is 1. The highest BCUT2D eigenvalue weighted by molar-refractivity contribution is 6.59. The van der Waals surface area contributed by atoms with Crippen LogP contribution in [0.2, 0.25) is 0 Å². The van der Waals surface area contributed by atoms with Crippen molar-refractivity contribution < 1.29 is 19.6 Å². The van der Waals surface area contributed by atoms with Crippen molar-refractivity contribution in [1.29, 1.82) is 0 Å². The lowest BCUT2D eigenvalue weighted by Crippen LogP contribution is -2.49. The molecule has 1 heterocycles. The molecule has 4 N–H and O–H groups in total. The van der Waals surface area contributed by atoms with Crippen LogP contribution in [0, 0.1) is 6.92 Å². The van der Waals surface area contributed by atoms with Crippen LogP contribution < -0.4 is 16.1 Å². The van der Waals surface area contributed by atoms with Gasteiger partial charge in [0.1, 0.15) is 6.61 Å². The number of carbonyl (C=O) groups is 1. The van der Waals surface area contributed by atoms with Crippen LogP contribution in [-0.4, -0.2) is 60.9 Å². The van der Waals surface area contributed by atoms with Crippen LogP contribution in [0.4, 0.5) is 10.5 Å². The van der Waals surface area contributed by atoms with Crippen LogP contribution in [0.3, 0.4) is 0 Å². The molecule has 5 rings (SSSR count). The average Bonchev–Trinajstić information content (AvgIpc) is 3.21. The minimum atomic E-state index is -1.55. The number of rotatable bonds is 5. The summed E-state index contributed by atoms with van der Waals surface area (Å²) in [6, 6.07) is 20.4. The Kier molecular flexibility index (Phi) is 6.51. The molecule has 0 saturated carbocycles. The van der Waals surface area contributed by atoms with Gasteiger partial charge in [0.25, 0.3) is 0 Å². The second-order valence-electron chi connectivity index (χ2n) is 9.18. The molecule has 0 radical (unpaired) electrons. The predicted molar refractivity (Wildman–Crippen MR) is 138 cm³/mol. The van der Waals surface area contributed by atoms with E-state index in [1.54, 1.807) is 11.0 Å². The van der Waals surface area contributed by atoms with Crippen molar-refractivity contribution in [2.24, 2.45) is 5.73 Å². The van der Waals surface area contributed by atoms with E-state index in [-0.39, 0.29) is 12.0 Å². The minimum Gasteiger partial charge on any atom is -0.448 e. The normalized spacial score (nSPS) is 15.1. The van der Waals surface area contributed by atoms with Crippen molar-refractivity contribution in [3.8, 4) is 11.1 Å². The lowest BCUT2D eigenvalue weighted by molar-refractivity contribution is 0.0977. The van der Waals surface area contributed by atoms with Crippen LogP contribution in [0.5, 0.6) is 0 Å². The standard InChI is InChI=1S/C27H30BN3O4/c1-18-19(16-29)14-20(15-26(18)28(33)34)30-10-12-31(13-11-30)27(32)35-17-25-23-8-4-2-6-21(23)22-7-3-5-9-24(22)25/h2-9,14-15,25,33-34H,10-13,16-17,29H2,1H3. The highest BCUT2D eigenvalue weighted by Gasteiger charge is 2.30. The molecule has 3 aromatic carbocycles. The second-order valence-corrected chi connectivity index (χ2v) is 9.18. The summed E-state index contributed by atoms with van der Waals surface area (Å²) in [4.78, 5) is 16.8. The molecule has 3 aromatic rings. The fraction of sp³-hybridized carbons (Fsp3) is 0.296. The maximum absolute atomic E-state index is 12.9. The molecule has 1 saturated heterocycles. The Bertz CT molecular complexity index is 1200. The molecule has 7 nitrogen and oxygen atoms in total. The topological polar surface area (TPSA) is 99.3 Å². The Hall–Kier alpha value is -3.33. The molecule has 0 spiro atoms. The van der Waals surface area contributed by atoms with Gasteiger partial charge in [-0.3, -0.25) is 0 Å². The van der Waals surface area contributed by atoms with E-state index >= 15 is 0 Å². The number of fused-ring (bicyclic) bond motifs is 3. The third-order valence-electron chi connectivity index (χ3n) is 7.28. The molecular weight excluding hydrogens is 441 g/mol. The smallest absolute Gasteiger partial charge is 0.448 e. The molecule has 1 aliphatic carbocycles. The van der Waals surface area contributed by atoms with Gasteiger partial charge < -0.3 is 30.3 Å². The Balaban J connectivity index is 1.23. The Morgan fingerprint density at radius 1 is 1.00 bits per heavy atom. The van der Waals surface area contributed by atoms with Gasteiger partial charge in [-0.05, 0) is 57.9 Å². The van der Waals surface area contributed by atoms with Gasteiger partial charge in [-0.1, -0.05) is 48.5 Å². The van der Waals surface area contributed by atoms with Crippen molar-refractivity contribution in [3.05, 3.63) is 82.9 Å². The summed E-state index contributed by atoms with van der Waals surface area (Å²) in [6.45, 7) is 4.77. The van der Waals surface area contributed by atoms with Gasteiger partial charge in [0.2, 0.25) is 0 Å². The molecule has 8 heteroatoms. The van der Waals surface area contributed by atoms with Gasteiger partial charge >= 0.3 is 13.2 Å². The van der Waals surface area contributed by atoms with Crippen molar-refractivity contribution in [3.63, 3.8) is 0 Å². The number of benzene rings is 3. The van der Waals surface area contributed by atoms with Gasteiger partial charge in [0, 0.05) is 44.3 Å². The zero-order chi connectivity index (χ0) is 24.5. The summed E-state index contributed by atoms with van der Waals surface area (Å²) in [5.74, 6) is 0.0400. The van der Waals surface area contributed by atoms with E-state index in [2.05, 4.69) is 29.2 Å². The van der Waals surface area contributed by atoms with Gasteiger partial charge in [-0.2, -0.15) is 0 Å². The van der Waals surface area contributed by atoms with Crippen molar-refractivity contribution in [2.75, 3.05) is 37.7 Å². The molecule has 0 aromatic heterocycles. The highest BCUT2D eigenvalue weighted by Crippen LogP contribution is 2.44. The molecule has 2 aliphatic rings. The second kappa shape index (κ2) is 9.74. The van der Waals surface area contributed by atoms with Crippen molar-refractivity contribution >= 4 is 24.4 Å². The van der Waals surface area contributed by atoms with E-state index in [9.17, 15) is 14.8 Å². The summed E-state index contributed by atoms with van der Waals surface area (Å²) in [7, 11) is -1.55. The largest absolute Gasteiger partial charge is 0.488 e. The fourth-order valence-electron chi connectivity index (χ4n) is 5.28. The van der Waals surface area contributed by atoms with Crippen LogP contribution in [0.15, 0.2) is 60.7 Å². The van der Waals surface area contributed by atoms with Gasteiger partial charge in [-0.25, -0.2) is 4.79 Å². The first-order valence-corrected chi connectivity index (χ1v) is 12.0. The maximum Gasteiger partial charge on any atom is 0.488 e. The van der Waals surface area contributed by atoms with E-state index in [1.807, 2.05) is 37.3 Å². The third kappa shape index (κ3) is 4.40. The lowest BCUT2D eigenvalue weighted by atomic mass is 9.75. The lowest BCUT2D eigenvalue weighted by Gasteiger charge is -2.36. The first-order chi connectivity index (χ1) is 17.0. The average molecular weight is 471 g/mol. The number of piperazine rings is 1. The van der Waals surface area contributed by atoms with Crippen LogP contribution in [0.1, 0.15) is 28.2 Å². The summed E-state index contributed by atoms with van der Waals surface area (Å²) in [6.07, 6.45) is -0.301. The number of carbonyl (C=O) groups excluding carboxylic acids is 1. The van der Waals surface area contributed by atoms with Gasteiger partial charge in [0.15, 0.2) is 0 Å². The summed E-state index contributed by atoms with van der Waals surface area (Å²) in [5.41, 5.74) is 13.7. The monoisotopic (exact) mass is 471 g/mol. The number of hydrogen-bond donors (Lipinski definition) is 3. The van der Waals surface area contributed by atoms with E-state index in [0.717, 1.165) is 16.8 Å². The maximum atomic E-state index is 12.9. The van der Waals surface area contributed by atoms with Crippen molar-refractivity contribution in [2.45, 2.75) is 19.4 Å². The zero-order valence-electron chi connectivity index (χ0n) is 19.9. The molecule has 1 aliphatic heterocycles. The molecule has 0 atom stereocenters. The first kappa shape index (κ1) is 23.4. The molecule has 0 bridgehead atoms. The zero-order valence-corrected chi connectivity index (χ0v) is 19.9. The van der Waals surface area contributed by atoms with E-state index in [0.29, 0.717) is 44.8 Å². The van der Waals surface area contributed by atoms with Gasteiger partial charge in [-0.15, -0.1) is 0 Å². The SMILES string of the molecule is Cc1c(CN)cc(N2CCN(C(=O)OCC3c4ccccc4-c4ccccc43)CC2)cc1B(O)O. The van der Waals surface area contributed by atoms with Crippen LogP contribution in [-0.2, 0) is 11.3 Å². The Morgan fingerprint density at radius 2 is 1.60 bits per heavy atom. The number of nitrogens with zero attached hydrogens (tertiary/aromatic N) is 2. The summed E-state index contributed by atoms with van der Waals surface area (Å²) >= 11 is 0. The summed E-state index contributed by atoms with van der Waals surface area (Å²) in [5, 5.41) is 19.5. The van der Waals surface area contributed by atoms with Crippen LogP contribution in [0.25, 0.3) is 11.1 Å². The molecular formula is C27H30BN3O4. The molecule has 180 valence electrons. The van der Waals surface area contributed by atoms with E-state index in [1.165, 1.54) is 22.3 Å². The number of ether oxygens (including phenoxy) is 1. The first-order valence-electron chi connectivity index (χ1n) is 12.0. The highest BCUT2D eigenvalue weighted by atomic mass is 16.6.